The Morgan fingerprint density at radius 3 is 0.333 bits per heavy atom. The van der Waals surface area contributed by atoms with Crippen LogP contribution in [0, 0.1) is 0 Å². The van der Waals surface area contributed by atoms with E-state index < -0.39 is 0 Å². The van der Waals surface area contributed by atoms with E-state index in [1.807, 2.05) is 0 Å². The molecule has 0 saturated heterocycles. The van der Waals surface area contributed by atoms with Crippen molar-refractivity contribution in [3.05, 3.63) is 0 Å². The summed E-state index contributed by atoms with van der Waals surface area (Å²) in [5, 5.41) is 0. The molecule has 0 aromatic heterocycles. The molecule has 0 aromatic carbocycles. The zero-order valence-corrected chi connectivity index (χ0v) is 7.81. The molecule has 0 saturated carbocycles. The van der Waals surface area contributed by atoms with Gasteiger partial charge in [-0.15, -0.1) is 0 Å². The standard InChI is InChI=1S/2Fe.4S/q2*+3;4*-2. The molecule has 0 aliphatic rings. The van der Waals surface area contributed by atoms with Crippen molar-refractivity contribution in [1.82, 2.24) is 0 Å². The van der Waals surface area contributed by atoms with Crippen molar-refractivity contribution in [1.29, 1.82) is 0 Å². The zero-order valence-electron chi connectivity index (χ0n) is 2.34. The fraction of sp³-hybridized carbons (Fsp3) is 0. The van der Waals surface area contributed by atoms with Gasteiger partial charge in [-0.2, -0.15) is 0 Å². The number of hydrogen-bond donors (Lipinski definition) is 0. The largest absolute Gasteiger partial charge is 3.00 e. The summed E-state index contributed by atoms with van der Waals surface area (Å²) in [5.74, 6) is 0. The molecule has 0 nitrogen and oxygen atoms in total. The molecule has 0 amide bonds. The fourth-order valence-electron chi connectivity index (χ4n) is 0. The van der Waals surface area contributed by atoms with Crippen molar-refractivity contribution in [3.8, 4) is 0 Å². The van der Waals surface area contributed by atoms with Crippen molar-refractivity contribution < 1.29 is 34.1 Å². The first kappa shape index (κ1) is 78.5. The molecule has 0 aliphatic carbocycles. The van der Waals surface area contributed by atoms with E-state index in [1.165, 1.54) is 0 Å². The van der Waals surface area contributed by atoms with Crippen LogP contribution >= 0.6 is 0 Å². The summed E-state index contributed by atoms with van der Waals surface area (Å²) in [4.78, 5) is 0. The van der Waals surface area contributed by atoms with Crippen LogP contribution in [0.4, 0.5) is 0 Å². The van der Waals surface area contributed by atoms with Crippen molar-refractivity contribution in [2.75, 3.05) is 0 Å². The molecule has 0 spiro atoms. The topological polar surface area (TPSA) is 0 Å². The van der Waals surface area contributed by atoms with E-state index in [1.54, 1.807) is 0 Å². The normalized spacial score (nSPS) is 0. The van der Waals surface area contributed by atoms with E-state index in [-0.39, 0.29) is 88.1 Å². The molecule has 6 heteroatoms. The second-order valence-corrected chi connectivity index (χ2v) is 0. The van der Waals surface area contributed by atoms with Crippen LogP contribution in [0.25, 0.3) is 0 Å². The van der Waals surface area contributed by atoms with Crippen LogP contribution in [0.5, 0.6) is 0 Å². The van der Waals surface area contributed by atoms with Gasteiger partial charge in [-0.25, -0.2) is 0 Å². The van der Waals surface area contributed by atoms with Crippen LogP contribution in [-0.4, -0.2) is 0 Å². The Bertz CT molecular complexity index is 5.51. The maximum atomic E-state index is 0. The summed E-state index contributed by atoms with van der Waals surface area (Å²) in [6, 6.07) is 0. The Morgan fingerprint density at radius 2 is 0.333 bits per heavy atom. The first-order valence-corrected chi connectivity index (χ1v) is 0. The van der Waals surface area contributed by atoms with Gasteiger partial charge < -0.3 is 54.0 Å². The fourth-order valence-corrected chi connectivity index (χ4v) is 0. The van der Waals surface area contributed by atoms with Gasteiger partial charge >= 0.3 is 34.1 Å². The average Bonchev–Trinajstić information content (AvgIpc) is 0. The smallest absolute Gasteiger partial charge is 2.00 e. The third-order valence-electron chi connectivity index (χ3n) is 0. The molecule has 42 valence electrons. The predicted octanol–water partition coefficient (Wildman–Crippen LogP) is -0.0146. The Labute approximate surface area is 87.3 Å². The molecule has 0 N–H and O–H groups in total. The minimum atomic E-state index is 0. The summed E-state index contributed by atoms with van der Waals surface area (Å²) in [6.45, 7) is 0. The SMILES string of the molecule is [Fe+3].[Fe+3].[S-2].[S-2].[S-2].[S-2]. The van der Waals surface area contributed by atoms with Crippen molar-refractivity contribution in [2.45, 2.75) is 0 Å². The molecule has 0 unspecified atom stereocenters. The summed E-state index contributed by atoms with van der Waals surface area (Å²) >= 11 is 0. The van der Waals surface area contributed by atoms with Crippen LogP contribution in [0.2, 0.25) is 0 Å². The molecule has 0 heterocycles. The Kier molecular flexibility index (Phi) is 678. The molecule has 0 fully saturated rings. The van der Waals surface area contributed by atoms with E-state index in [0.717, 1.165) is 0 Å². The molecule has 2 radical (unpaired) electrons. The Balaban J connectivity index is 0. The van der Waals surface area contributed by atoms with Crippen LogP contribution < -0.4 is 0 Å². The maximum absolute atomic E-state index is 0. The van der Waals surface area contributed by atoms with Gasteiger partial charge in [0.2, 0.25) is 0 Å². The van der Waals surface area contributed by atoms with E-state index in [4.69, 9.17) is 0 Å². The summed E-state index contributed by atoms with van der Waals surface area (Å²) in [6.07, 6.45) is 0. The van der Waals surface area contributed by atoms with Crippen molar-refractivity contribution in [3.63, 3.8) is 0 Å². The molecule has 0 atom stereocenters. The summed E-state index contributed by atoms with van der Waals surface area (Å²) < 4.78 is 0. The first-order chi connectivity index (χ1) is 0. The van der Waals surface area contributed by atoms with Crippen LogP contribution in [0.1, 0.15) is 0 Å². The molecule has 0 aromatic rings. The zero-order chi connectivity index (χ0) is 0. The van der Waals surface area contributed by atoms with Gasteiger partial charge in [-0.05, 0) is 0 Å². The minimum Gasteiger partial charge on any atom is -2.00 e. The van der Waals surface area contributed by atoms with Crippen molar-refractivity contribution >= 4 is 54.0 Å². The molecule has 0 rings (SSSR count). The second-order valence-electron chi connectivity index (χ2n) is 0. The maximum Gasteiger partial charge on any atom is 3.00 e. The summed E-state index contributed by atoms with van der Waals surface area (Å²) in [7, 11) is 0. The van der Waals surface area contributed by atoms with Crippen LogP contribution in [-0.2, 0) is 88.1 Å². The van der Waals surface area contributed by atoms with Gasteiger partial charge in [0.05, 0.1) is 0 Å². The molecule has 6 heavy (non-hydrogen) atoms. The Hall–Kier alpha value is 2.44. The van der Waals surface area contributed by atoms with Gasteiger partial charge in [0.15, 0.2) is 0 Å². The summed E-state index contributed by atoms with van der Waals surface area (Å²) in [5.41, 5.74) is 0. The van der Waals surface area contributed by atoms with E-state index >= 15 is 0 Å². The first-order valence-electron chi connectivity index (χ1n) is 0. The van der Waals surface area contributed by atoms with Gasteiger partial charge in [-0.3, -0.25) is 0 Å². The van der Waals surface area contributed by atoms with Crippen molar-refractivity contribution in [2.24, 2.45) is 0 Å². The van der Waals surface area contributed by atoms with Gasteiger partial charge in [0.1, 0.15) is 0 Å². The second kappa shape index (κ2) is 51.8. The van der Waals surface area contributed by atoms with E-state index in [9.17, 15) is 0 Å². The third-order valence-corrected chi connectivity index (χ3v) is 0. The molecular weight excluding hydrogens is 240 g/mol. The number of rotatable bonds is 0. The molecule has 0 aliphatic heterocycles. The third kappa shape index (κ3) is 32.0. The predicted molar refractivity (Wildman–Crippen MR) is 29.5 cm³/mol. The van der Waals surface area contributed by atoms with Crippen LogP contribution in [0.15, 0.2) is 0 Å². The Morgan fingerprint density at radius 1 is 0.333 bits per heavy atom. The average molecular weight is 240 g/mol. The van der Waals surface area contributed by atoms with E-state index in [0.29, 0.717) is 0 Å². The van der Waals surface area contributed by atoms with Gasteiger partial charge in [0.25, 0.3) is 0 Å². The quantitative estimate of drug-likeness (QED) is 0.522. The molecule has 0 bridgehead atoms. The van der Waals surface area contributed by atoms with Crippen LogP contribution in [0.3, 0.4) is 0 Å². The van der Waals surface area contributed by atoms with Gasteiger partial charge in [-0.1, -0.05) is 0 Å². The molecular formula is Fe2S4-2. The number of hydrogen-bond acceptors (Lipinski definition) is 0. The monoisotopic (exact) mass is 240 g/mol. The minimum absolute atomic E-state index is 0. The van der Waals surface area contributed by atoms with Gasteiger partial charge in [0, 0.05) is 0 Å². The van der Waals surface area contributed by atoms with E-state index in [2.05, 4.69) is 0 Å².